The van der Waals surface area contributed by atoms with Crippen LogP contribution in [0.2, 0.25) is 0 Å². The van der Waals surface area contributed by atoms with Gasteiger partial charge >= 0.3 is 0 Å². The standard InChI is InChI=1S/C19H21N3OS/c1-14-7-5-6-10-21(14)12-16-11-18(23)22-17(13-24-19(22)20-16)15-8-3-2-4-9-15/h2-4,8-9,11,13-14H,5-7,10,12H2,1H3/p+1/t14-/m0/s1. The number of rotatable bonds is 3. The van der Waals surface area contributed by atoms with E-state index in [0.29, 0.717) is 6.04 Å². The molecule has 124 valence electrons. The van der Waals surface area contributed by atoms with E-state index < -0.39 is 0 Å². The Kier molecular flexibility index (Phi) is 4.21. The predicted octanol–water partition coefficient (Wildman–Crippen LogP) is 2.38. The van der Waals surface area contributed by atoms with E-state index in [1.165, 1.54) is 25.8 Å². The lowest BCUT2D eigenvalue weighted by Gasteiger charge is -2.29. The van der Waals surface area contributed by atoms with Crippen LogP contribution in [0.25, 0.3) is 16.2 Å². The minimum atomic E-state index is 0.0270. The fraction of sp³-hybridized carbons (Fsp3) is 0.368. The van der Waals surface area contributed by atoms with Gasteiger partial charge in [0.05, 0.1) is 18.3 Å². The molecule has 5 heteroatoms. The molecule has 4 nitrogen and oxygen atoms in total. The van der Waals surface area contributed by atoms with Crippen molar-refractivity contribution in [2.75, 3.05) is 6.54 Å². The van der Waals surface area contributed by atoms with Crippen molar-refractivity contribution in [3.8, 4) is 11.3 Å². The molecule has 1 N–H and O–H groups in total. The van der Waals surface area contributed by atoms with Gasteiger partial charge in [-0.1, -0.05) is 30.3 Å². The van der Waals surface area contributed by atoms with E-state index in [1.54, 1.807) is 26.7 Å². The van der Waals surface area contributed by atoms with Crippen LogP contribution in [0, 0.1) is 0 Å². The van der Waals surface area contributed by atoms with Crippen LogP contribution in [-0.2, 0) is 6.54 Å². The average Bonchev–Trinajstić information content (AvgIpc) is 3.02. The van der Waals surface area contributed by atoms with E-state index in [9.17, 15) is 4.79 Å². The lowest BCUT2D eigenvalue weighted by atomic mass is 10.0. The third-order valence-corrected chi connectivity index (χ3v) is 5.84. The number of benzene rings is 1. The fourth-order valence-corrected chi connectivity index (χ4v) is 4.54. The average molecular weight is 340 g/mol. The van der Waals surface area contributed by atoms with E-state index in [-0.39, 0.29) is 5.56 Å². The molecule has 1 unspecified atom stereocenters. The van der Waals surface area contributed by atoms with Gasteiger partial charge in [-0.25, -0.2) is 4.98 Å². The summed E-state index contributed by atoms with van der Waals surface area (Å²) >= 11 is 1.54. The zero-order valence-electron chi connectivity index (χ0n) is 13.9. The normalized spacial score (nSPS) is 21.2. The molecule has 0 aliphatic carbocycles. The van der Waals surface area contributed by atoms with Crippen LogP contribution in [-0.4, -0.2) is 22.0 Å². The van der Waals surface area contributed by atoms with Crippen molar-refractivity contribution in [1.82, 2.24) is 9.38 Å². The van der Waals surface area contributed by atoms with Gasteiger partial charge in [0.15, 0.2) is 4.96 Å². The first-order valence-electron chi connectivity index (χ1n) is 8.62. The molecule has 0 radical (unpaired) electrons. The van der Waals surface area contributed by atoms with Crippen molar-refractivity contribution in [3.05, 3.63) is 57.8 Å². The van der Waals surface area contributed by atoms with Gasteiger partial charge in [-0.05, 0) is 31.7 Å². The molecule has 2 atom stereocenters. The second-order valence-corrected chi connectivity index (χ2v) is 7.51. The molecule has 1 aromatic carbocycles. The van der Waals surface area contributed by atoms with Gasteiger partial charge in [-0.2, -0.15) is 0 Å². The maximum absolute atomic E-state index is 12.7. The molecule has 0 saturated carbocycles. The van der Waals surface area contributed by atoms with Crippen LogP contribution in [0.4, 0.5) is 0 Å². The Hall–Kier alpha value is -1.98. The number of hydrogen-bond donors (Lipinski definition) is 1. The summed E-state index contributed by atoms with van der Waals surface area (Å²) in [7, 11) is 0. The molecular formula is C19H22N3OS+. The number of hydrogen-bond acceptors (Lipinski definition) is 3. The smallest absolute Gasteiger partial charge is 0.259 e. The number of quaternary nitrogens is 1. The first-order valence-corrected chi connectivity index (χ1v) is 9.50. The zero-order valence-corrected chi connectivity index (χ0v) is 14.7. The topological polar surface area (TPSA) is 38.8 Å². The van der Waals surface area contributed by atoms with Crippen molar-refractivity contribution in [3.63, 3.8) is 0 Å². The van der Waals surface area contributed by atoms with Crippen LogP contribution in [0.1, 0.15) is 31.9 Å². The first-order chi connectivity index (χ1) is 11.7. The van der Waals surface area contributed by atoms with E-state index in [2.05, 4.69) is 6.92 Å². The lowest BCUT2D eigenvalue weighted by molar-refractivity contribution is -0.942. The monoisotopic (exact) mass is 340 g/mol. The minimum Gasteiger partial charge on any atom is -0.328 e. The quantitative estimate of drug-likeness (QED) is 0.795. The van der Waals surface area contributed by atoms with Gasteiger partial charge in [0.25, 0.3) is 5.56 Å². The van der Waals surface area contributed by atoms with Gasteiger partial charge < -0.3 is 4.90 Å². The summed E-state index contributed by atoms with van der Waals surface area (Å²) in [5.41, 5.74) is 2.93. The number of likely N-dealkylation sites (tertiary alicyclic amines) is 1. The predicted molar refractivity (Wildman–Crippen MR) is 97.6 cm³/mol. The third kappa shape index (κ3) is 2.89. The lowest BCUT2D eigenvalue weighted by Crippen LogP contribution is -3.15. The molecule has 2 aromatic heterocycles. The highest BCUT2D eigenvalue weighted by molar-refractivity contribution is 7.15. The zero-order chi connectivity index (χ0) is 16.5. The van der Waals surface area contributed by atoms with Crippen molar-refractivity contribution in [2.45, 2.75) is 38.8 Å². The van der Waals surface area contributed by atoms with Crippen molar-refractivity contribution in [1.29, 1.82) is 0 Å². The molecule has 1 saturated heterocycles. The van der Waals surface area contributed by atoms with E-state index in [0.717, 1.165) is 28.5 Å². The summed E-state index contributed by atoms with van der Waals surface area (Å²) in [6, 6.07) is 12.4. The SMILES string of the molecule is C[C@H]1CCCC[NH+]1Cc1cc(=O)n2c(-c3ccccc3)csc2n1. The summed E-state index contributed by atoms with van der Waals surface area (Å²) in [6.45, 7) is 4.34. The van der Waals surface area contributed by atoms with Crippen molar-refractivity contribution < 1.29 is 4.90 Å². The van der Waals surface area contributed by atoms with Crippen LogP contribution < -0.4 is 10.5 Å². The van der Waals surface area contributed by atoms with Gasteiger partial charge in [-0.3, -0.25) is 9.20 Å². The second-order valence-electron chi connectivity index (χ2n) is 6.67. The molecule has 3 aromatic rings. The number of fused-ring (bicyclic) bond motifs is 1. The van der Waals surface area contributed by atoms with E-state index >= 15 is 0 Å². The largest absolute Gasteiger partial charge is 0.328 e. The molecular weight excluding hydrogens is 318 g/mol. The molecule has 0 amide bonds. The number of aromatic nitrogens is 2. The maximum Gasteiger partial charge on any atom is 0.259 e. The number of piperidine rings is 1. The number of nitrogens with zero attached hydrogens (tertiary/aromatic N) is 2. The Morgan fingerprint density at radius 1 is 1.29 bits per heavy atom. The Morgan fingerprint density at radius 2 is 2.12 bits per heavy atom. The van der Waals surface area contributed by atoms with Crippen LogP contribution in [0.5, 0.6) is 0 Å². The van der Waals surface area contributed by atoms with Crippen molar-refractivity contribution >= 4 is 16.3 Å². The van der Waals surface area contributed by atoms with Crippen LogP contribution in [0.15, 0.2) is 46.6 Å². The van der Waals surface area contributed by atoms with Gasteiger partial charge in [0, 0.05) is 11.4 Å². The molecule has 1 aliphatic rings. The van der Waals surface area contributed by atoms with E-state index in [1.807, 2.05) is 35.7 Å². The van der Waals surface area contributed by atoms with Crippen LogP contribution >= 0.6 is 11.3 Å². The highest BCUT2D eigenvalue weighted by Crippen LogP contribution is 2.23. The van der Waals surface area contributed by atoms with E-state index in [4.69, 9.17) is 4.98 Å². The molecule has 0 bridgehead atoms. The summed E-state index contributed by atoms with van der Waals surface area (Å²) < 4.78 is 1.73. The highest BCUT2D eigenvalue weighted by Gasteiger charge is 2.23. The highest BCUT2D eigenvalue weighted by atomic mass is 32.1. The van der Waals surface area contributed by atoms with Gasteiger partial charge in [0.1, 0.15) is 12.2 Å². The Balaban J connectivity index is 1.70. The molecule has 1 fully saturated rings. The molecule has 0 spiro atoms. The summed E-state index contributed by atoms with van der Waals surface area (Å²) in [5, 5.41) is 2.03. The van der Waals surface area contributed by atoms with Gasteiger partial charge in [0.2, 0.25) is 0 Å². The molecule has 24 heavy (non-hydrogen) atoms. The summed E-state index contributed by atoms with van der Waals surface area (Å²) in [5.74, 6) is 0. The Morgan fingerprint density at radius 3 is 2.92 bits per heavy atom. The van der Waals surface area contributed by atoms with Gasteiger partial charge in [-0.15, -0.1) is 11.3 Å². The summed E-state index contributed by atoms with van der Waals surface area (Å²) in [4.78, 5) is 19.8. The first kappa shape index (κ1) is 15.5. The third-order valence-electron chi connectivity index (χ3n) is 5.02. The van der Waals surface area contributed by atoms with Crippen LogP contribution in [0.3, 0.4) is 0 Å². The Bertz CT molecular complexity index is 900. The maximum atomic E-state index is 12.7. The van der Waals surface area contributed by atoms with Crippen molar-refractivity contribution in [2.24, 2.45) is 0 Å². The summed E-state index contributed by atoms with van der Waals surface area (Å²) in [6.07, 6.45) is 3.87. The Labute approximate surface area is 145 Å². The molecule has 3 heterocycles. The molecule has 4 rings (SSSR count). The minimum absolute atomic E-state index is 0.0270. The fourth-order valence-electron chi connectivity index (χ4n) is 3.61. The molecule has 1 aliphatic heterocycles. The second kappa shape index (κ2) is 6.49. The number of thiazole rings is 1. The number of nitrogens with one attached hydrogen (secondary N) is 1.